The van der Waals surface area contributed by atoms with Gasteiger partial charge in [-0.1, -0.05) is 6.07 Å². The number of nitrogens with one attached hydrogen (secondary N) is 1. The maximum absolute atomic E-state index is 12.0. The lowest BCUT2D eigenvalue weighted by Gasteiger charge is -2.16. The number of nitrogens with two attached hydrogens (primary N) is 1. The Labute approximate surface area is 102 Å². The summed E-state index contributed by atoms with van der Waals surface area (Å²) in [5, 5.41) is 12.1. The van der Waals surface area contributed by atoms with E-state index in [-0.39, 0.29) is 11.9 Å². The summed E-state index contributed by atoms with van der Waals surface area (Å²) in [4.78, 5) is 12.0. The number of carbonyl (C=O) groups is 1. The minimum absolute atomic E-state index is 0.0664. The predicted octanol–water partition coefficient (Wildman–Crippen LogP) is 1.47. The van der Waals surface area contributed by atoms with Gasteiger partial charge in [-0.3, -0.25) is 4.79 Å². The van der Waals surface area contributed by atoms with Crippen LogP contribution in [0.25, 0.3) is 0 Å². The normalized spacial score (nSPS) is 14.1. The Morgan fingerprint density at radius 1 is 1.47 bits per heavy atom. The molecule has 0 aliphatic carbocycles. The molecule has 1 aromatic rings. The van der Waals surface area contributed by atoms with Crippen LogP contribution in [0.5, 0.6) is 0 Å². The van der Waals surface area contributed by atoms with Gasteiger partial charge in [-0.05, 0) is 44.9 Å². The van der Waals surface area contributed by atoms with E-state index < -0.39 is 6.10 Å². The Bertz CT molecular complexity index is 402. The van der Waals surface area contributed by atoms with E-state index in [1.54, 1.807) is 25.1 Å². The molecule has 0 fully saturated rings. The second-order valence-electron chi connectivity index (χ2n) is 4.48. The largest absolute Gasteiger partial charge is 0.398 e. The van der Waals surface area contributed by atoms with Crippen LogP contribution in [0.2, 0.25) is 0 Å². The number of benzene rings is 1. The van der Waals surface area contributed by atoms with E-state index in [1.807, 2.05) is 13.8 Å². The van der Waals surface area contributed by atoms with Gasteiger partial charge in [0.1, 0.15) is 0 Å². The Balaban J connectivity index is 2.73. The van der Waals surface area contributed by atoms with Gasteiger partial charge in [0.15, 0.2) is 0 Å². The number of nitrogen functional groups attached to an aromatic ring is 1. The van der Waals surface area contributed by atoms with Crippen molar-refractivity contribution in [2.75, 3.05) is 5.73 Å². The molecule has 4 N–H and O–H groups in total. The number of carbonyl (C=O) groups excluding carboxylic acids is 1. The summed E-state index contributed by atoms with van der Waals surface area (Å²) < 4.78 is 0. The van der Waals surface area contributed by atoms with Crippen molar-refractivity contribution in [3.63, 3.8) is 0 Å². The number of hydrogen-bond donors (Lipinski definition) is 3. The van der Waals surface area contributed by atoms with Crippen LogP contribution >= 0.6 is 0 Å². The Morgan fingerprint density at radius 3 is 2.71 bits per heavy atom. The molecule has 2 unspecified atom stereocenters. The average Bonchev–Trinajstić information content (AvgIpc) is 2.20. The monoisotopic (exact) mass is 236 g/mol. The first-order valence-electron chi connectivity index (χ1n) is 5.75. The highest BCUT2D eigenvalue weighted by Crippen LogP contribution is 2.15. The second-order valence-corrected chi connectivity index (χ2v) is 4.48. The zero-order valence-electron chi connectivity index (χ0n) is 10.5. The standard InChI is InChI=1S/C13H20N2O2/c1-8(7-9(2)16)15-13(17)11-5-4-6-12(14)10(11)3/h4-6,8-9,16H,7,14H2,1-3H3,(H,15,17). The molecular formula is C13H20N2O2. The topological polar surface area (TPSA) is 75.4 Å². The molecule has 4 nitrogen and oxygen atoms in total. The highest BCUT2D eigenvalue weighted by atomic mass is 16.3. The first kappa shape index (κ1) is 13.5. The van der Waals surface area contributed by atoms with Gasteiger partial charge < -0.3 is 16.2 Å². The molecular weight excluding hydrogens is 216 g/mol. The van der Waals surface area contributed by atoms with E-state index in [9.17, 15) is 9.90 Å². The number of rotatable bonds is 4. The van der Waals surface area contributed by atoms with Crippen LogP contribution in [0.4, 0.5) is 5.69 Å². The molecule has 0 heterocycles. The second kappa shape index (κ2) is 5.68. The fourth-order valence-electron chi connectivity index (χ4n) is 1.77. The van der Waals surface area contributed by atoms with Crippen molar-refractivity contribution in [2.24, 2.45) is 0 Å². The molecule has 0 aromatic heterocycles. The van der Waals surface area contributed by atoms with Crippen LogP contribution in [0.3, 0.4) is 0 Å². The van der Waals surface area contributed by atoms with Gasteiger partial charge in [-0.15, -0.1) is 0 Å². The van der Waals surface area contributed by atoms with E-state index >= 15 is 0 Å². The molecule has 2 atom stereocenters. The molecule has 94 valence electrons. The smallest absolute Gasteiger partial charge is 0.251 e. The molecule has 0 spiro atoms. The maximum Gasteiger partial charge on any atom is 0.251 e. The average molecular weight is 236 g/mol. The van der Waals surface area contributed by atoms with Gasteiger partial charge in [0.05, 0.1) is 6.10 Å². The van der Waals surface area contributed by atoms with Crippen LogP contribution < -0.4 is 11.1 Å². The van der Waals surface area contributed by atoms with Crippen molar-refractivity contribution >= 4 is 11.6 Å². The first-order valence-corrected chi connectivity index (χ1v) is 5.75. The van der Waals surface area contributed by atoms with Gasteiger partial charge in [-0.2, -0.15) is 0 Å². The number of aliphatic hydroxyl groups excluding tert-OH is 1. The van der Waals surface area contributed by atoms with Crippen molar-refractivity contribution in [1.29, 1.82) is 0 Å². The van der Waals surface area contributed by atoms with Crippen LogP contribution in [0, 0.1) is 6.92 Å². The van der Waals surface area contributed by atoms with Gasteiger partial charge in [0.2, 0.25) is 0 Å². The van der Waals surface area contributed by atoms with Gasteiger partial charge in [-0.25, -0.2) is 0 Å². The highest BCUT2D eigenvalue weighted by molar-refractivity contribution is 5.97. The predicted molar refractivity (Wildman–Crippen MR) is 68.8 cm³/mol. The zero-order valence-corrected chi connectivity index (χ0v) is 10.5. The zero-order chi connectivity index (χ0) is 13.0. The first-order chi connectivity index (χ1) is 7.91. The number of anilines is 1. The van der Waals surface area contributed by atoms with Crippen molar-refractivity contribution in [2.45, 2.75) is 39.3 Å². The van der Waals surface area contributed by atoms with Gasteiger partial charge >= 0.3 is 0 Å². The molecule has 17 heavy (non-hydrogen) atoms. The molecule has 0 radical (unpaired) electrons. The molecule has 0 saturated carbocycles. The van der Waals surface area contributed by atoms with Crippen LogP contribution in [-0.2, 0) is 0 Å². The third-order valence-corrected chi connectivity index (χ3v) is 2.69. The minimum Gasteiger partial charge on any atom is -0.398 e. The van der Waals surface area contributed by atoms with Gasteiger partial charge in [0, 0.05) is 17.3 Å². The summed E-state index contributed by atoms with van der Waals surface area (Å²) in [6, 6.07) is 5.21. The lowest BCUT2D eigenvalue weighted by molar-refractivity contribution is 0.0922. The molecule has 0 saturated heterocycles. The third-order valence-electron chi connectivity index (χ3n) is 2.69. The number of aliphatic hydroxyl groups is 1. The Kier molecular flexibility index (Phi) is 4.52. The molecule has 1 amide bonds. The summed E-state index contributed by atoms with van der Waals surface area (Å²) in [5.74, 6) is -0.150. The van der Waals surface area contributed by atoms with Crippen molar-refractivity contribution in [3.05, 3.63) is 29.3 Å². The number of hydrogen-bond acceptors (Lipinski definition) is 3. The Hall–Kier alpha value is -1.55. The van der Waals surface area contributed by atoms with Crippen LogP contribution in [0.15, 0.2) is 18.2 Å². The van der Waals surface area contributed by atoms with Crippen LogP contribution in [-0.4, -0.2) is 23.2 Å². The summed E-state index contributed by atoms with van der Waals surface area (Å²) >= 11 is 0. The van der Waals surface area contributed by atoms with E-state index in [0.29, 0.717) is 17.7 Å². The van der Waals surface area contributed by atoms with Crippen molar-refractivity contribution in [3.8, 4) is 0 Å². The minimum atomic E-state index is -0.424. The molecule has 4 heteroatoms. The van der Waals surface area contributed by atoms with Crippen molar-refractivity contribution in [1.82, 2.24) is 5.32 Å². The Morgan fingerprint density at radius 2 is 2.12 bits per heavy atom. The fourth-order valence-corrected chi connectivity index (χ4v) is 1.77. The molecule has 1 rings (SSSR count). The van der Waals surface area contributed by atoms with Crippen molar-refractivity contribution < 1.29 is 9.90 Å². The summed E-state index contributed by atoms with van der Waals surface area (Å²) in [7, 11) is 0. The van der Waals surface area contributed by atoms with E-state index in [1.165, 1.54) is 0 Å². The lowest BCUT2D eigenvalue weighted by Crippen LogP contribution is -2.35. The van der Waals surface area contributed by atoms with E-state index in [2.05, 4.69) is 5.32 Å². The van der Waals surface area contributed by atoms with Gasteiger partial charge in [0.25, 0.3) is 5.91 Å². The fraction of sp³-hybridized carbons (Fsp3) is 0.462. The molecule has 0 bridgehead atoms. The highest BCUT2D eigenvalue weighted by Gasteiger charge is 2.14. The maximum atomic E-state index is 12.0. The molecule has 1 aromatic carbocycles. The van der Waals surface area contributed by atoms with E-state index in [4.69, 9.17) is 5.73 Å². The number of amides is 1. The third kappa shape index (κ3) is 3.75. The molecule has 0 aliphatic heterocycles. The summed E-state index contributed by atoms with van der Waals surface area (Å²) in [6.07, 6.45) is 0.111. The lowest BCUT2D eigenvalue weighted by atomic mass is 10.1. The quantitative estimate of drug-likeness (QED) is 0.693. The summed E-state index contributed by atoms with van der Waals surface area (Å²) in [5.41, 5.74) is 7.73. The SMILES string of the molecule is Cc1c(N)cccc1C(=O)NC(C)CC(C)O. The summed E-state index contributed by atoms with van der Waals surface area (Å²) in [6.45, 7) is 5.39. The van der Waals surface area contributed by atoms with E-state index in [0.717, 1.165) is 5.56 Å². The van der Waals surface area contributed by atoms with Crippen LogP contribution in [0.1, 0.15) is 36.2 Å². The molecule has 0 aliphatic rings.